The fraction of sp³-hybridized carbons (Fsp3) is 0.478. The van der Waals surface area contributed by atoms with Crippen LogP contribution in [0.2, 0.25) is 0 Å². The highest BCUT2D eigenvalue weighted by molar-refractivity contribution is 5.43. The van der Waals surface area contributed by atoms with Crippen LogP contribution >= 0.6 is 0 Å². The lowest BCUT2D eigenvalue weighted by atomic mass is 9.69. The summed E-state index contributed by atoms with van der Waals surface area (Å²) in [7, 11) is 0. The number of para-hydroxylation sites is 1. The number of tetrazole rings is 1. The van der Waals surface area contributed by atoms with Crippen LogP contribution in [0.5, 0.6) is 0 Å². The van der Waals surface area contributed by atoms with Gasteiger partial charge in [-0.15, -0.1) is 5.10 Å². The molecule has 1 fully saturated rings. The Morgan fingerprint density at radius 2 is 2.09 bits per heavy atom. The Hall–Kier alpha value is -3.38. The summed E-state index contributed by atoms with van der Waals surface area (Å²) in [6.07, 6.45) is 4.64. The van der Waals surface area contributed by atoms with Gasteiger partial charge in [0.2, 0.25) is 5.95 Å². The number of nitrogens with one attached hydrogen (secondary N) is 1. The summed E-state index contributed by atoms with van der Waals surface area (Å²) in [4.78, 5) is 9.01. The van der Waals surface area contributed by atoms with Gasteiger partial charge in [0.25, 0.3) is 0 Å². The predicted molar refractivity (Wildman–Crippen MR) is 119 cm³/mol. The van der Waals surface area contributed by atoms with E-state index in [2.05, 4.69) is 50.7 Å². The smallest absolute Gasteiger partial charge is 0.223 e. The number of nitrogens with zero attached hydrogens (tertiary/aromatic N) is 7. The Kier molecular flexibility index (Phi) is 6.15. The van der Waals surface area contributed by atoms with E-state index in [-0.39, 0.29) is 11.5 Å². The van der Waals surface area contributed by atoms with Crippen molar-refractivity contribution >= 4 is 5.95 Å². The standard InChI is InChI=1S/C23H28N8O/c1-15-28-29-30-31(15)20-7-5-4-6-17(20)13-25-22-26-14-18(12-24)19(27-22)10-16-8-9-21(32)23(2,3)11-16/h4-7,14,16,21,32H,8-11,13H2,1-3H3,(H,25,26,27)/t16-,21-/m1/s1. The number of hydrogen-bond acceptors (Lipinski definition) is 8. The van der Waals surface area contributed by atoms with E-state index in [9.17, 15) is 10.4 Å². The lowest BCUT2D eigenvalue weighted by Crippen LogP contribution is -2.37. The molecule has 0 saturated heterocycles. The normalized spacial score (nSPS) is 20.0. The lowest BCUT2D eigenvalue weighted by Gasteiger charge is -2.39. The maximum absolute atomic E-state index is 10.2. The molecule has 9 nitrogen and oxygen atoms in total. The van der Waals surface area contributed by atoms with Crippen LogP contribution < -0.4 is 5.32 Å². The average Bonchev–Trinajstić information content (AvgIpc) is 3.20. The van der Waals surface area contributed by atoms with Crippen LogP contribution in [0.15, 0.2) is 30.5 Å². The second-order valence-corrected chi connectivity index (χ2v) is 9.14. The van der Waals surface area contributed by atoms with Crippen molar-refractivity contribution in [3.8, 4) is 11.8 Å². The van der Waals surface area contributed by atoms with E-state index in [4.69, 9.17) is 0 Å². The molecule has 1 saturated carbocycles. The Labute approximate surface area is 187 Å². The molecular formula is C23H28N8O. The van der Waals surface area contributed by atoms with Gasteiger partial charge in [0.1, 0.15) is 6.07 Å². The summed E-state index contributed by atoms with van der Waals surface area (Å²) in [5, 5.41) is 34.8. The van der Waals surface area contributed by atoms with Gasteiger partial charge in [-0.25, -0.2) is 9.97 Å². The van der Waals surface area contributed by atoms with Gasteiger partial charge < -0.3 is 10.4 Å². The molecular weight excluding hydrogens is 404 g/mol. The SMILES string of the molecule is Cc1nnnn1-c1ccccc1CNc1ncc(C#N)c(C[C@H]2CC[C@@H](O)C(C)(C)C2)n1. The zero-order valence-electron chi connectivity index (χ0n) is 18.7. The van der Waals surface area contributed by atoms with Gasteiger partial charge in [0.15, 0.2) is 5.82 Å². The minimum atomic E-state index is -0.277. The zero-order valence-corrected chi connectivity index (χ0v) is 18.7. The number of rotatable bonds is 6. The topological polar surface area (TPSA) is 125 Å². The van der Waals surface area contributed by atoms with Crippen molar-refractivity contribution in [3.63, 3.8) is 0 Å². The highest BCUT2D eigenvalue weighted by Crippen LogP contribution is 2.40. The van der Waals surface area contributed by atoms with Gasteiger partial charge in [-0.05, 0) is 66.0 Å². The highest BCUT2D eigenvalue weighted by Gasteiger charge is 2.35. The first-order chi connectivity index (χ1) is 15.4. The number of aryl methyl sites for hydroxylation is 1. The van der Waals surface area contributed by atoms with Crippen LogP contribution in [-0.2, 0) is 13.0 Å². The summed E-state index contributed by atoms with van der Waals surface area (Å²) < 4.78 is 1.70. The third kappa shape index (κ3) is 4.60. The van der Waals surface area contributed by atoms with Gasteiger partial charge in [-0.2, -0.15) is 9.94 Å². The van der Waals surface area contributed by atoms with Gasteiger partial charge in [-0.3, -0.25) is 0 Å². The third-order valence-corrected chi connectivity index (χ3v) is 6.32. The molecule has 0 unspecified atom stereocenters. The molecule has 2 atom stereocenters. The molecule has 1 aliphatic carbocycles. The zero-order chi connectivity index (χ0) is 22.7. The maximum Gasteiger partial charge on any atom is 0.223 e. The molecule has 2 heterocycles. The molecule has 32 heavy (non-hydrogen) atoms. The second-order valence-electron chi connectivity index (χ2n) is 9.14. The molecule has 9 heteroatoms. The fourth-order valence-electron chi connectivity index (χ4n) is 4.46. The molecule has 4 rings (SSSR count). The minimum Gasteiger partial charge on any atom is -0.393 e. The number of hydrogen-bond donors (Lipinski definition) is 2. The Bertz CT molecular complexity index is 1130. The van der Waals surface area contributed by atoms with Crippen LogP contribution in [0.1, 0.15) is 55.8 Å². The van der Waals surface area contributed by atoms with E-state index < -0.39 is 0 Å². The van der Waals surface area contributed by atoms with E-state index >= 15 is 0 Å². The third-order valence-electron chi connectivity index (χ3n) is 6.32. The number of aliphatic hydroxyl groups excluding tert-OH is 1. The van der Waals surface area contributed by atoms with Crippen molar-refractivity contribution in [2.75, 3.05) is 5.32 Å². The number of aliphatic hydroxyl groups is 1. The van der Waals surface area contributed by atoms with Gasteiger partial charge in [0.05, 0.1) is 29.2 Å². The van der Waals surface area contributed by atoms with Crippen LogP contribution in [0, 0.1) is 29.6 Å². The molecule has 0 spiro atoms. The van der Waals surface area contributed by atoms with E-state index in [1.807, 2.05) is 31.2 Å². The van der Waals surface area contributed by atoms with Gasteiger partial charge in [-0.1, -0.05) is 32.0 Å². The van der Waals surface area contributed by atoms with Crippen LogP contribution in [0.3, 0.4) is 0 Å². The summed E-state index contributed by atoms with van der Waals surface area (Å²) in [6.45, 7) is 6.55. The highest BCUT2D eigenvalue weighted by atomic mass is 16.3. The van der Waals surface area contributed by atoms with E-state index in [0.29, 0.717) is 36.2 Å². The number of anilines is 1. The molecule has 2 aromatic heterocycles. The fourth-order valence-corrected chi connectivity index (χ4v) is 4.46. The monoisotopic (exact) mass is 432 g/mol. The van der Waals surface area contributed by atoms with Crippen LogP contribution in [0.4, 0.5) is 5.95 Å². The first kappa shape index (κ1) is 21.8. The Balaban J connectivity index is 1.51. The quantitative estimate of drug-likeness (QED) is 0.609. The van der Waals surface area contributed by atoms with Crippen LogP contribution in [-0.4, -0.2) is 41.4 Å². The van der Waals surface area contributed by atoms with E-state index in [0.717, 1.165) is 36.2 Å². The molecule has 3 aromatic rings. The van der Waals surface area contributed by atoms with Crippen molar-refractivity contribution < 1.29 is 5.11 Å². The second kappa shape index (κ2) is 9.01. The largest absolute Gasteiger partial charge is 0.393 e. The Morgan fingerprint density at radius 3 is 2.81 bits per heavy atom. The molecule has 1 aliphatic rings. The summed E-state index contributed by atoms with van der Waals surface area (Å²) in [5.74, 6) is 1.57. The van der Waals surface area contributed by atoms with E-state index in [1.54, 1.807) is 10.9 Å². The minimum absolute atomic E-state index is 0.123. The van der Waals surface area contributed by atoms with Crippen molar-refractivity contribution in [1.82, 2.24) is 30.2 Å². The number of nitriles is 1. The summed E-state index contributed by atoms with van der Waals surface area (Å²) in [5.41, 5.74) is 3.03. The van der Waals surface area contributed by atoms with Crippen molar-refractivity contribution in [2.45, 2.75) is 59.1 Å². The van der Waals surface area contributed by atoms with Gasteiger partial charge in [0, 0.05) is 6.54 Å². The van der Waals surface area contributed by atoms with Crippen LogP contribution in [0.25, 0.3) is 5.69 Å². The molecule has 0 radical (unpaired) electrons. The molecule has 1 aromatic carbocycles. The maximum atomic E-state index is 10.2. The first-order valence-corrected chi connectivity index (χ1v) is 10.9. The molecule has 0 amide bonds. The van der Waals surface area contributed by atoms with Gasteiger partial charge >= 0.3 is 0 Å². The van der Waals surface area contributed by atoms with E-state index in [1.165, 1.54) is 0 Å². The molecule has 166 valence electrons. The number of benzene rings is 1. The summed E-state index contributed by atoms with van der Waals surface area (Å²) in [6, 6.07) is 10.1. The van der Waals surface area contributed by atoms with Crippen molar-refractivity contribution in [2.24, 2.45) is 11.3 Å². The average molecular weight is 433 g/mol. The summed E-state index contributed by atoms with van der Waals surface area (Å²) >= 11 is 0. The predicted octanol–water partition coefficient (Wildman–Crippen LogP) is 2.97. The van der Waals surface area contributed by atoms with Crippen molar-refractivity contribution in [1.29, 1.82) is 5.26 Å². The Morgan fingerprint density at radius 1 is 1.28 bits per heavy atom. The number of aromatic nitrogens is 6. The lowest BCUT2D eigenvalue weighted by molar-refractivity contribution is -0.00748. The molecule has 0 aliphatic heterocycles. The molecule has 2 N–H and O–H groups in total. The van der Waals surface area contributed by atoms with Crippen molar-refractivity contribution in [3.05, 3.63) is 53.1 Å². The molecule has 0 bridgehead atoms. The first-order valence-electron chi connectivity index (χ1n) is 10.9.